The molecule has 0 rings (SSSR count). The fourth-order valence-electron chi connectivity index (χ4n) is 0.621. The minimum atomic E-state index is -0.730. The number of nitrogens with zero attached hydrogens (tertiary/aromatic N) is 2. The van der Waals surface area contributed by atoms with Gasteiger partial charge in [-0.05, 0) is 0 Å². The van der Waals surface area contributed by atoms with E-state index in [0.717, 1.165) is 4.90 Å². The van der Waals surface area contributed by atoms with Crippen molar-refractivity contribution < 1.29 is 14.4 Å². The van der Waals surface area contributed by atoms with Gasteiger partial charge < -0.3 is 4.90 Å². The molecule has 74 valence electrons. The van der Waals surface area contributed by atoms with Gasteiger partial charge in [-0.3, -0.25) is 10.1 Å². The zero-order valence-electron chi connectivity index (χ0n) is 8.12. The Hall–Kier alpha value is -1.59. The van der Waals surface area contributed by atoms with E-state index < -0.39 is 18.0 Å². The smallest absolute Gasteiger partial charge is 0.330 e. The van der Waals surface area contributed by atoms with Gasteiger partial charge in [0.15, 0.2) is 0 Å². The monoisotopic (exact) mass is 187 g/mol. The van der Waals surface area contributed by atoms with E-state index in [4.69, 9.17) is 0 Å². The van der Waals surface area contributed by atoms with Crippen molar-refractivity contribution in [2.75, 3.05) is 21.1 Å². The average Bonchev–Trinajstić information content (AvgIpc) is 2.00. The Kier molecular flexibility index (Phi) is 3.90. The van der Waals surface area contributed by atoms with Crippen LogP contribution in [0.3, 0.4) is 0 Å². The number of urea groups is 2. The first-order chi connectivity index (χ1) is 5.86. The topological polar surface area (TPSA) is 69.7 Å². The van der Waals surface area contributed by atoms with E-state index in [1.807, 2.05) is 5.32 Å². The first kappa shape index (κ1) is 11.4. The van der Waals surface area contributed by atoms with Crippen LogP contribution >= 0.6 is 0 Å². The second-order valence-corrected chi connectivity index (χ2v) is 2.72. The Morgan fingerprint density at radius 1 is 1.08 bits per heavy atom. The maximum Gasteiger partial charge on any atom is 0.331 e. The molecule has 0 atom stereocenters. The summed E-state index contributed by atoms with van der Waals surface area (Å²) in [5.41, 5.74) is 0. The van der Waals surface area contributed by atoms with Gasteiger partial charge in [0.2, 0.25) is 5.91 Å². The van der Waals surface area contributed by atoms with Crippen LogP contribution in [0.15, 0.2) is 0 Å². The zero-order valence-corrected chi connectivity index (χ0v) is 8.12. The van der Waals surface area contributed by atoms with Crippen molar-refractivity contribution in [2.24, 2.45) is 0 Å². The van der Waals surface area contributed by atoms with Crippen LogP contribution < -0.4 is 5.32 Å². The third-order valence-electron chi connectivity index (χ3n) is 1.26. The van der Waals surface area contributed by atoms with Crippen molar-refractivity contribution >= 4 is 18.0 Å². The van der Waals surface area contributed by atoms with Crippen molar-refractivity contribution in [1.29, 1.82) is 0 Å². The molecular weight excluding hydrogens is 174 g/mol. The number of hydrogen-bond donors (Lipinski definition) is 1. The molecule has 6 nitrogen and oxygen atoms in total. The van der Waals surface area contributed by atoms with Crippen LogP contribution in [0.4, 0.5) is 9.59 Å². The molecule has 1 N–H and O–H groups in total. The molecule has 0 aromatic heterocycles. The molecule has 0 aromatic carbocycles. The molecule has 0 heterocycles. The van der Waals surface area contributed by atoms with Crippen molar-refractivity contribution in [1.82, 2.24) is 15.1 Å². The van der Waals surface area contributed by atoms with Crippen molar-refractivity contribution in [3.05, 3.63) is 0 Å². The van der Waals surface area contributed by atoms with Crippen LogP contribution in [0.1, 0.15) is 6.92 Å². The summed E-state index contributed by atoms with van der Waals surface area (Å²) >= 11 is 0. The number of rotatable bonds is 0. The Morgan fingerprint density at radius 2 is 1.54 bits per heavy atom. The van der Waals surface area contributed by atoms with E-state index >= 15 is 0 Å². The summed E-state index contributed by atoms with van der Waals surface area (Å²) in [6.45, 7) is 1.20. The zero-order chi connectivity index (χ0) is 10.6. The molecule has 0 saturated heterocycles. The lowest BCUT2D eigenvalue weighted by Crippen LogP contribution is -2.46. The van der Waals surface area contributed by atoms with Crippen LogP contribution in [0, 0.1) is 0 Å². The fraction of sp³-hybridized carbons (Fsp3) is 0.571. The van der Waals surface area contributed by atoms with E-state index in [9.17, 15) is 14.4 Å². The van der Waals surface area contributed by atoms with E-state index in [1.54, 1.807) is 0 Å². The molecule has 0 saturated carbocycles. The van der Waals surface area contributed by atoms with Crippen LogP contribution in [0.2, 0.25) is 0 Å². The molecule has 0 spiro atoms. The van der Waals surface area contributed by atoms with Crippen LogP contribution in [0.25, 0.3) is 0 Å². The summed E-state index contributed by atoms with van der Waals surface area (Å²) in [7, 11) is 4.32. The van der Waals surface area contributed by atoms with E-state index in [0.29, 0.717) is 0 Å². The lowest BCUT2D eigenvalue weighted by molar-refractivity contribution is -0.118. The third-order valence-corrected chi connectivity index (χ3v) is 1.26. The lowest BCUT2D eigenvalue weighted by Gasteiger charge is -2.19. The van der Waals surface area contributed by atoms with Gasteiger partial charge in [-0.25, -0.2) is 14.5 Å². The molecule has 0 aliphatic rings. The van der Waals surface area contributed by atoms with E-state index in [-0.39, 0.29) is 0 Å². The normalized spacial score (nSPS) is 8.92. The van der Waals surface area contributed by atoms with Gasteiger partial charge in [0.25, 0.3) is 0 Å². The number of carbonyl (C=O) groups is 3. The average molecular weight is 187 g/mol. The summed E-state index contributed by atoms with van der Waals surface area (Å²) in [4.78, 5) is 34.7. The molecule has 13 heavy (non-hydrogen) atoms. The Bertz CT molecular complexity index is 237. The first-order valence-corrected chi connectivity index (χ1v) is 3.62. The molecule has 0 fully saturated rings. The summed E-state index contributed by atoms with van der Waals surface area (Å²) in [6, 6.07) is -1.22. The molecule has 0 radical (unpaired) electrons. The molecule has 6 heteroatoms. The highest BCUT2D eigenvalue weighted by Crippen LogP contribution is 1.91. The third kappa shape index (κ3) is 3.55. The Labute approximate surface area is 76.5 Å². The lowest BCUT2D eigenvalue weighted by atomic mass is 10.6. The molecule has 0 bridgehead atoms. The number of imide groups is 2. The Balaban J connectivity index is 4.26. The van der Waals surface area contributed by atoms with Gasteiger partial charge in [-0.2, -0.15) is 0 Å². The van der Waals surface area contributed by atoms with E-state index in [2.05, 4.69) is 0 Å². The first-order valence-electron chi connectivity index (χ1n) is 3.62. The Morgan fingerprint density at radius 3 is 1.85 bits per heavy atom. The van der Waals surface area contributed by atoms with Crippen molar-refractivity contribution in [3.63, 3.8) is 0 Å². The highest BCUT2D eigenvalue weighted by atomic mass is 16.2. The second kappa shape index (κ2) is 4.44. The maximum atomic E-state index is 11.1. The highest BCUT2D eigenvalue weighted by molar-refractivity contribution is 6.00. The van der Waals surface area contributed by atoms with Gasteiger partial charge in [-0.15, -0.1) is 0 Å². The second-order valence-electron chi connectivity index (χ2n) is 2.72. The summed E-state index contributed by atoms with van der Waals surface area (Å²) in [6.07, 6.45) is 0. The standard InChI is InChI=1S/C7H13N3O3/c1-5(11)8-6(12)10(4)7(13)9(2)3/h1-4H3,(H,8,11,12). The largest absolute Gasteiger partial charge is 0.331 e. The fourth-order valence-corrected chi connectivity index (χ4v) is 0.621. The van der Waals surface area contributed by atoms with Crippen LogP contribution in [-0.4, -0.2) is 48.9 Å². The minimum Gasteiger partial charge on any atom is -0.330 e. The number of amides is 5. The van der Waals surface area contributed by atoms with Gasteiger partial charge >= 0.3 is 12.1 Å². The molecule has 5 amide bonds. The number of hydrogen-bond acceptors (Lipinski definition) is 3. The van der Waals surface area contributed by atoms with Gasteiger partial charge in [0.1, 0.15) is 0 Å². The predicted molar refractivity (Wildman–Crippen MR) is 46.1 cm³/mol. The molecule has 0 aliphatic heterocycles. The SMILES string of the molecule is CC(=O)NC(=O)N(C)C(=O)N(C)C. The van der Waals surface area contributed by atoms with Crippen LogP contribution in [0.5, 0.6) is 0 Å². The van der Waals surface area contributed by atoms with Gasteiger partial charge in [-0.1, -0.05) is 0 Å². The summed E-state index contributed by atoms with van der Waals surface area (Å²) in [5.74, 6) is -0.497. The molecule has 0 unspecified atom stereocenters. The number of carbonyl (C=O) groups excluding carboxylic acids is 3. The molecule has 0 aromatic rings. The number of nitrogens with one attached hydrogen (secondary N) is 1. The van der Waals surface area contributed by atoms with Gasteiger partial charge in [0, 0.05) is 28.1 Å². The van der Waals surface area contributed by atoms with E-state index in [1.165, 1.54) is 33.0 Å². The highest BCUT2D eigenvalue weighted by Gasteiger charge is 2.18. The summed E-state index contributed by atoms with van der Waals surface area (Å²) < 4.78 is 0. The molecule has 0 aliphatic carbocycles. The molecular formula is C7H13N3O3. The quantitative estimate of drug-likeness (QED) is 0.573. The minimum absolute atomic E-state index is 0.487. The van der Waals surface area contributed by atoms with Crippen LogP contribution in [-0.2, 0) is 4.79 Å². The van der Waals surface area contributed by atoms with Gasteiger partial charge in [0.05, 0.1) is 0 Å². The summed E-state index contributed by atoms with van der Waals surface area (Å²) in [5, 5.41) is 1.98. The maximum absolute atomic E-state index is 11.1. The van der Waals surface area contributed by atoms with Crippen molar-refractivity contribution in [2.45, 2.75) is 6.92 Å². The predicted octanol–water partition coefficient (Wildman–Crippen LogP) is -0.144. The van der Waals surface area contributed by atoms with Crippen molar-refractivity contribution in [3.8, 4) is 0 Å².